The van der Waals surface area contributed by atoms with Crippen molar-refractivity contribution in [3.05, 3.63) is 53.6 Å². The van der Waals surface area contributed by atoms with Gasteiger partial charge in [0.1, 0.15) is 19.0 Å². The van der Waals surface area contributed by atoms with Crippen LogP contribution in [0.3, 0.4) is 0 Å². The van der Waals surface area contributed by atoms with Gasteiger partial charge in [0.2, 0.25) is 0 Å². The van der Waals surface area contributed by atoms with E-state index in [0.29, 0.717) is 31.3 Å². The van der Waals surface area contributed by atoms with E-state index >= 15 is 0 Å². The number of alkyl halides is 2. The number of fused-ring (bicyclic) bond motifs is 1. The van der Waals surface area contributed by atoms with Crippen molar-refractivity contribution < 1.29 is 27.8 Å². The number of urea groups is 1. The van der Waals surface area contributed by atoms with Crippen LogP contribution < -0.4 is 24.8 Å². The molecule has 3 rings (SSSR count). The minimum Gasteiger partial charge on any atom is -0.486 e. The number of ether oxygens (including phenoxy) is 3. The molecule has 1 aliphatic rings. The van der Waals surface area contributed by atoms with Crippen LogP contribution in [0.25, 0.3) is 0 Å². The fourth-order valence-corrected chi connectivity index (χ4v) is 2.41. The van der Waals surface area contributed by atoms with Crippen molar-refractivity contribution in [2.75, 3.05) is 13.2 Å². The van der Waals surface area contributed by atoms with E-state index in [1.165, 1.54) is 12.1 Å². The lowest BCUT2D eigenvalue weighted by molar-refractivity contribution is -0.0498. The second kappa shape index (κ2) is 8.37. The van der Waals surface area contributed by atoms with Crippen molar-refractivity contribution in [3.63, 3.8) is 0 Å². The van der Waals surface area contributed by atoms with Gasteiger partial charge >= 0.3 is 12.6 Å². The average Bonchev–Trinajstić information content (AvgIpc) is 2.65. The summed E-state index contributed by atoms with van der Waals surface area (Å²) in [6, 6.07) is 11.2. The van der Waals surface area contributed by atoms with Gasteiger partial charge in [-0.1, -0.05) is 18.2 Å². The van der Waals surface area contributed by atoms with Crippen LogP contribution in [-0.2, 0) is 13.1 Å². The number of rotatable bonds is 6. The first kappa shape index (κ1) is 17.8. The van der Waals surface area contributed by atoms with Crippen LogP contribution in [0.2, 0.25) is 0 Å². The SMILES string of the molecule is O=C(NCc1ccc(OC(F)F)cc1)NCc1ccc2c(c1)OCCO2. The van der Waals surface area contributed by atoms with E-state index in [1.54, 1.807) is 12.1 Å². The third-order valence-corrected chi connectivity index (χ3v) is 3.66. The van der Waals surface area contributed by atoms with Crippen LogP contribution in [0.1, 0.15) is 11.1 Å². The molecule has 1 aliphatic heterocycles. The molecular formula is C18H18F2N2O4. The monoisotopic (exact) mass is 364 g/mol. The number of nitrogens with one attached hydrogen (secondary N) is 2. The molecule has 0 saturated heterocycles. The number of carbonyl (C=O) groups excluding carboxylic acids is 1. The molecule has 0 spiro atoms. The highest BCUT2D eigenvalue weighted by molar-refractivity contribution is 5.73. The topological polar surface area (TPSA) is 68.8 Å². The maximum Gasteiger partial charge on any atom is 0.387 e. The molecule has 2 N–H and O–H groups in total. The van der Waals surface area contributed by atoms with Gasteiger partial charge in [-0.2, -0.15) is 8.78 Å². The quantitative estimate of drug-likeness (QED) is 0.827. The number of amides is 2. The molecule has 0 unspecified atom stereocenters. The number of carbonyl (C=O) groups is 1. The smallest absolute Gasteiger partial charge is 0.387 e. The summed E-state index contributed by atoms with van der Waals surface area (Å²) in [4.78, 5) is 11.9. The Hall–Kier alpha value is -3.03. The van der Waals surface area contributed by atoms with Crippen LogP contribution >= 0.6 is 0 Å². The first-order chi connectivity index (χ1) is 12.6. The van der Waals surface area contributed by atoms with E-state index in [2.05, 4.69) is 15.4 Å². The molecule has 1 heterocycles. The molecule has 0 radical (unpaired) electrons. The Kier molecular flexibility index (Phi) is 5.73. The highest BCUT2D eigenvalue weighted by atomic mass is 19.3. The molecule has 6 nitrogen and oxygen atoms in total. The Morgan fingerprint density at radius 2 is 1.58 bits per heavy atom. The predicted molar refractivity (Wildman–Crippen MR) is 89.6 cm³/mol. The number of halogens is 2. The standard InChI is InChI=1S/C18H18F2N2O4/c19-17(20)26-14-4-1-12(2-5-14)10-21-18(23)22-11-13-3-6-15-16(9-13)25-8-7-24-15/h1-6,9,17H,7-8,10-11H2,(H2,21,22,23). The van der Waals surface area contributed by atoms with Crippen molar-refractivity contribution in [2.45, 2.75) is 19.7 Å². The minimum atomic E-state index is -2.86. The highest BCUT2D eigenvalue weighted by Crippen LogP contribution is 2.30. The largest absolute Gasteiger partial charge is 0.486 e. The maximum absolute atomic E-state index is 12.1. The summed E-state index contributed by atoms with van der Waals surface area (Å²) in [5.41, 5.74) is 1.65. The van der Waals surface area contributed by atoms with Gasteiger partial charge < -0.3 is 24.8 Å². The lowest BCUT2D eigenvalue weighted by Crippen LogP contribution is -2.34. The van der Waals surface area contributed by atoms with E-state index in [1.807, 2.05) is 18.2 Å². The molecule has 138 valence electrons. The first-order valence-corrected chi connectivity index (χ1v) is 8.04. The first-order valence-electron chi connectivity index (χ1n) is 8.04. The molecule has 0 saturated carbocycles. The molecule has 8 heteroatoms. The Labute approximate surface area is 149 Å². The summed E-state index contributed by atoms with van der Waals surface area (Å²) in [5.74, 6) is 1.44. The summed E-state index contributed by atoms with van der Waals surface area (Å²) in [6.07, 6.45) is 0. The summed E-state index contributed by atoms with van der Waals surface area (Å²) in [5, 5.41) is 5.44. The molecule has 0 aromatic heterocycles. The van der Waals surface area contributed by atoms with E-state index in [9.17, 15) is 13.6 Å². The number of hydrogen-bond acceptors (Lipinski definition) is 4. The minimum absolute atomic E-state index is 0.0757. The molecule has 2 amide bonds. The second-order valence-electron chi connectivity index (χ2n) is 5.54. The van der Waals surface area contributed by atoms with Crippen molar-refractivity contribution in [1.29, 1.82) is 0 Å². The predicted octanol–water partition coefficient (Wildman–Crippen LogP) is 3.06. The van der Waals surface area contributed by atoms with Gasteiger partial charge in [-0.15, -0.1) is 0 Å². The number of benzene rings is 2. The van der Waals surface area contributed by atoms with E-state index in [4.69, 9.17) is 9.47 Å². The summed E-state index contributed by atoms with van der Waals surface area (Å²) in [7, 11) is 0. The Morgan fingerprint density at radius 3 is 2.27 bits per heavy atom. The summed E-state index contributed by atoms with van der Waals surface area (Å²) in [6.45, 7) is -1.22. The zero-order chi connectivity index (χ0) is 18.4. The normalized spacial score (nSPS) is 12.6. The third kappa shape index (κ3) is 4.98. The molecule has 2 aromatic carbocycles. The zero-order valence-corrected chi connectivity index (χ0v) is 13.8. The van der Waals surface area contributed by atoms with Gasteiger partial charge in [-0.25, -0.2) is 4.79 Å². The second-order valence-corrected chi connectivity index (χ2v) is 5.54. The van der Waals surface area contributed by atoms with E-state index in [-0.39, 0.29) is 18.3 Å². The van der Waals surface area contributed by atoms with Gasteiger partial charge in [0.25, 0.3) is 0 Å². The fraction of sp³-hybridized carbons (Fsp3) is 0.278. The van der Waals surface area contributed by atoms with Crippen molar-refractivity contribution >= 4 is 6.03 Å². The summed E-state index contributed by atoms with van der Waals surface area (Å²) < 4.78 is 39.4. The molecule has 0 fully saturated rings. The Morgan fingerprint density at radius 1 is 0.962 bits per heavy atom. The van der Waals surface area contributed by atoms with Crippen LogP contribution in [0, 0.1) is 0 Å². The molecule has 2 aromatic rings. The highest BCUT2D eigenvalue weighted by Gasteiger charge is 2.12. The van der Waals surface area contributed by atoms with Crippen molar-refractivity contribution in [1.82, 2.24) is 10.6 Å². The molecular weight excluding hydrogens is 346 g/mol. The maximum atomic E-state index is 12.1. The van der Waals surface area contributed by atoms with Gasteiger partial charge in [0.05, 0.1) is 0 Å². The molecule has 26 heavy (non-hydrogen) atoms. The molecule has 0 atom stereocenters. The fourth-order valence-electron chi connectivity index (χ4n) is 2.41. The van der Waals surface area contributed by atoms with E-state index in [0.717, 1.165) is 11.1 Å². The van der Waals surface area contributed by atoms with E-state index < -0.39 is 6.61 Å². The zero-order valence-electron chi connectivity index (χ0n) is 13.8. The van der Waals surface area contributed by atoms with Gasteiger partial charge in [-0.3, -0.25) is 0 Å². The lowest BCUT2D eigenvalue weighted by Gasteiger charge is -2.19. The average molecular weight is 364 g/mol. The molecule has 0 aliphatic carbocycles. The van der Waals surface area contributed by atoms with Gasteiger partial charge in [0, 0.05) is 13.1 Å². The summed E-state index contributed by atoms with van der Waals surface area (Å²) >= 11 is 0. The van der Waals surface area contributed by atoms with Crippen LogP contribution in [-0.4, -0.2) is 25.9 Å². The van der Waals surface area contributed by atoms with Gasteiger partial charge in [-0.05, 0) is 35.4 Å². The van der Waals surface area contributed by atoms with Gasteiger partial charge in [0.15, 0.2) is 11.5 Å². The van der Waals surface area contributed by atoms with Crippen LogP contribution in [0.5, 0.6) is 17.2 Å². The Balaban J connectivity index is 1.44. The Bertz CT molecular complexity index is 753. The lowest BCUT2D eigenvalue weighted by atomic mass is 10.2. The third-order valence-electron chi connectivity index (χ3n) is 3.66. The number of hydrogen-bond donors (Lipinski definition) is 2. The van der Waals surface area contributed by atoms with Crippen molar-refractivity contribution in [2.24, 2.45) is 0 Å². The van der Waals surface area contributed by atoms with Crippen molar-refractivity contribution in [3.8, 4) is 17.2 Å². The van der Waals surface area contributed by atoms with Crippen LogP contribution in [0.15, 0.2) is 42.5 Å². The molecule has 0 bridgehead atoms. The van der Waals surface area contributed by atoms with Crippen LogP contribution in [0.4, 0.5) is 13.6 Å².